The first-order valence-corrected chi connectivity index (χ1v) is 10.9. The quantitative estimate of drug-likeness (QED) is 0.610. The van der Waals surface area contributed by atoms with E-state index < -0.39 is 40.4 Å². The summed E-state index contributed by atoms with van der Waals surface area (Å²) in [6.45, 7) is 10.9. The van der Waals surface area contributed by atoms with Gasteiger partial charge in [-0.1, -0.05) is 6.07 Å². The third-order valence-corrected chi connectivity index (χ3v) is 4.57. The van der Waals surface area contributed by atoms with E-state index in [-0.39, 0.29) is 5.39 Å². The number of nitrogens with one attached hydrogen (secondary N) is 1. The number of benzene rings is 1. The molecule has 2 aromatic rings. The van der Waals surface area contributed by atoms with Crippen LogP contribution < -0.4 is 15.8 Å². The van der Waals surface area contributed by atoms with Crippen molar-refractivity contribution in [2.75, 3.05) is 18.6 Å². The molecule has 10 heteroatoms. The number of ether oxygens (including phenoxy) is 2. The van der Waals surface area contributed by atoms with Gasteiger partial charge >= 0.3 is 18.2 Å². The van der Waals surface area contributed by atoms with Crippen LogP contribution in [0.2, 0.25) is 0 Å². The zero-order valence-corrected chi connectivity index (χ0v) is 20.7. The zero-order chi connectivity index (χ0) is 25.8. The number of aromatic nitrogens is 1. The van der Waals surface area contributed by atoms with Gasteiger partial charge in [-0.25, -0.2) is 19.4 Å². The van der Waals surface area contributed by atoms with Crippen LogP contribution in [0.4, 0.5) is 9.59 Å². The summed E-state index contributed by atoms with van der Waals surface area (Å²) < 4.78 is 11.9. The Kier molecular flexibility index (Phi) is 7.97. The lowest BCUT2D eigenvalue weighted by Gasteiger charge is -2.27. The summed E-state index contributed by atoms with van der Waals surface area (Å²) in [6, 6.07) is 5.05. The number of alkyl carbamates (subject to hydrolysis) is 1. The molecule has 0 aliphatic rings. The van der Waals surface area contributed by atoms with E-state index in [1.807, 2.05) is 0 Å². The van der Waals surface area contributed by atoms with E-state index in [0.29, 0.717) is 24.9 Å². The van der Waals surface area contributed by atoms with Crippen molar-refractivity contribution in [2.24, 2.45) is 0 Å². The fraction of sp³-hybridized carbons (Fsp3) is 0.500. The number of rotatable bonds is 6. The molecule has 0 aliphatic carbocycles. The van der Waals surface area contributed by atoms with Gasteiger partial charge in [0.25, 0.3) is 0 Å². The molecule has 186 valence electrons. The highest BCUT2D eigenvalue weighted by Gasteiger charge is 2.23. The second-order valence-corrected chi connectivity index (χ2v) is 9.91. The number of hydrogen-bond acceptors (Lipinski definition) is 6. The van der Waals surface area contributed by atoms with Gasteiger partial charge in [0.15, 0.2) is 0 Å². The number of fused-ring (bicyclic) bond motifs is 1. The highest BCUT2D eigenvalue weighted by molar-refractivity contribution is 5.93. The zero-order valence-electron chi connectivity index (χ0n) is 20.7. The molecule has 0 radical (unpaired) electrons. The van der Waals surface area contributed by atoms with Crippen molar-refractivity contribution in [3.8, 4) is 0 Å². The van der Waals surface area contributed by atoms with Gasteiger partial charge in [-0.2, -0.15) is 0 Å². The monoisotopic (exact) mass is 475 g/mol. The predicted octanol–water partition coefficient (Wildman–Crippen LogP) is 3.66. The molecule has 0 atom stereocenters. The maximum atomic E-state index is 12.8. The van der Waals surface area contributed by atoms with Crippen LogP contribution in [0.5, 0.6) is 0 Å². The topological polar surface area (TPSA) is 127 Å². The second-order valence-electron chi connectivity index (χ2n) is 9.91. The minimum Gasteiger partial charge on any atom is -0.477 e. The lowest BCUT2D eigenvalue weighted by molar-refractivity contribution is 0.0523. The molecule has 1 aromatic heterocycles. The summed E-state index contributed by atoms with van der Waals surface area (Å²) in [4.78, 5) is 48.9. The standard InChI is InChI=1S/C24H33N3O7/c1-23(2,3)33-21(31)25-12-8-9-15-10-11-18-16(13-15)19(28)17(20(29)30)14-27(18)26(7)22(32)34-24(4,5)6/h10-11,13-14H,8-9,12H2,1-7H3,(H,25,31)(H,29,30). The number of carbonyl (C=O) groups excluding carboxylic acids is 2. The number of aromatic carboxylic acids is 1. The predicted molar refractivity (Wildman–Crippen MR) is 128 cm³/mol. The van der Waals surface area contributed by atoms with Gasteiger partial charge in [-0.3, -0.25) is 9.47 Å². The highest BCUT2D eigenvalue weighted by Crippen LogP contribution is 2.18. The molecule has 0 spiro atoms. The Morgan fingerprint density at radius 1 is 1.06 bits per heavy atom. The smallest absolute Gasteiger partial charge is 0.429 e. The van der Waals surface area contributed by atoms with E-state index in [0.717, 1.165) is 16.8 Å². The number of carboxylic acids is 1. The van der Waals surface area contributed by atoms with E-state index in [2.05, 4.69) is 5.32 Å². The molecule has 0 saturated carbocycles. The van der Waals surface area contributed by atoms with Crippen LogP contribution in [0.1, 0.15) is 63.9 Å². The molecular weight excluding hydrogens is 442 g/mol. The van der Waals surface area contributed by atoms with E-state index in [1.54, 1.807) is 59.7 Å². The molecule has 1 aromatic carbocycles. The summed E-state index contributed by atoms with van der Waals surface area (Å²) in [7, 11) is 1.43. The Morgan fingerprint density at radius 2 is 1.68 bits per heavy atom. The molecule has 2 rings (SSSR count). The third kappa shape index (κ3) is 7.23. The minimum atomic E-state index is -1.40. The first-order chi connectivity index (χ1) is 15.6. The van der Waals surface area contributed by atoms with Crippen molar-refractivity contribution in [3.05, 3.63) is 45.7 Å². The molecular formula is C24H33N3O7. The normalized spacial score (nSPS) is 11.7. The van der Waals surface area contributed by atoms with Crippen LogP contribution in [0.15, 0.2) is 29.2 Å². The van der Waals surface area contributed by atoms with Crippen LogP contribution >= 0.6 is 0 Å². The molecule has 0 bridgehead atoms. The average molecular weight is 476 g/mol. The summed E-state index contributed by atoms with van der Waals surface area (Å²) in [5.41, 5.74) is -1.31. The number of carbonyl (C=O) groups is 3. The van der Waals surface area contributed by atoms with Crippen LogP contribution in [0, 0.1) is 0 Å². The summed E-state index contributed by atoms with van der Waals surface area (Å²) in [6.07, 6.45) is 1.01. The lowest BCUT2D eigenvalue weighted by atomic mass is 10.0. The van der Waals surface area contributed by atoms with Crippen LogP contribution in [0.3, 0.4) is 0 Å². The van der Waals surface area contributed by atoms with Gasteiger partial charge in [0.2, 0.25) is 5.43 Å². The molecule has 0 unspecified atom stereocenters. The first kappa shape index (κ1) is 26.7. The van der Waals surface area contributed by atoms with Crippen molar-refractivity contribution in [2.45, 2.75) is 65.6 Å². The SMILES string of the molecule is CN(C(=O)OC(C)(C)C)n1cc(C(=O)O)c(=O)c2cc(CCCNC(=O)OC(C)(C)C)ccc21. The summed E-state index contributed by atoms with van der Waals surface area (Å²) >= 11 is 0. The molecule has 0 saturated heterocycles. The third-order valence-electron chi connectivity index (χ3n) is 4.57. The number of pyridine rings is 1. The van der Waals surface area contributed by atoms with E-state index in [9.17, 15) is 24.3 Å². The molecule has 0 fully saturated rings. The summed E-state index contributed by atoms with van der Waals surface area (Å²) in [5.74, 6) is -1.40. The Bertz CT molecular complexity index is 1140. The average Bonchev–Trinajstić information content (AvgIpc) is 2.68. The van der Waals surface area contributed by atoms with Crippen molar-refractivity contribution in [1.29, 1.82) is 0 Å². The van der Waals surface area contributed by atoms with E-state index >= 15 is 0 Å². The van der Waals surface area contributed by atoms with Crippen molar-refractivity contribution < 1.29 is 29.0 Å². The molecule has 10 nitrogen and oxygen atoms in total. The van der Waals surface area contributed by atoms with Crippen LogP contribution in [-0.4, -0.2) is 52.7 Å². The lowest BCUT2D eigenvalue weighted by Crippen LogP contribution is -2.42. The molecule has 0 aliphatic heterocycles. The molecule has 34 heavy (non-hydrogen) atoms. The van der Waals surface area contributed by atoms with Crippen molar-refractivity contribution >= 4 is 29.1 Å². The van der Waals surface area contributed by atoms with E-state index in [4.69, 9.17) is 9.47 Å². The Hall–Kier alpha value is -3.56. The maximum absolute atomic E-state index is 12.8. The fourth-order valence-corrected chi connectivity index (χ4v) is 3.13. The number of aryl methyl sites for hydroxylation is 1. The van der Waals surface area contributed by atoms with Crippen molar-refractivity contribution in [1.82, 2.24) is 9.99 Å². The van der Waals surface area contributed by atoms with Gasteiger partial charge in [-0.05, 0) is 72.1 Å². The van der Waals surface area contributed by atoms with Crippen LogP contribution in [0.25, 0.3) is 10.9 Å². The number of carboxylic acid groups (broad SMARTS) is 1. The molecule has 2 amide bonds. The fourth-order valence-electron chi connectivity index (χ4n) is 3.13. The number of hydrogen-bond donors (Lipinski definition) is 2. The van der Waals surface area contributed by atoms with Gasteiger partial charge in [0.05, 0.1) is 5.52 Å². The van der Waals surface area contributed by atoms with E-state index in [1.165, 1.54) is 11.7 Å². The maximum Gasteiger partial charge on any atom is 0.429 e. The van der Waals surface area contributed by atoms with Gasteiger partial charge in [0, 0.05) is 25.2 Å². The first-order valence-electron chi connectivity index (χ1n) is 10.9. The highest BCUT2D eigenvalue weighted by atomic mass is 16.6. The largest absolute Gasteiger partial charge is 0.477 e. The molecule has 2 N–H and O–H groups in total. The Balaban J connectivity index is 2.30. The summed E-state index contributed by atoms with van der Waals surface area (Å²) in [5, 5.41) is 13.5. The van der Waals surface area contributed by atoms with Gasteiger partial charge < -0.3 is 19.9 Å². The van der Waals surface area contributed by atoms with Crippen molar-refractivity contribution in [3.63, 3.8) is 0 Å². The number of amides is 2. The van der Waals surface area contributed by atoms with Gasteiger partial charge in [-0.15, -0.1) is 0 Å². The Morgan fingerprint density at radius 3 is 2.24 bits per heavy atom. The van der Waals surface area contributed by atoms with Gasteiger partial charge in [0.1, 0.15) is 16.8 Å². The number of nitrogens with zero attached hydrogens (tertiary/aromatic N) is 2. The molecule has 1 heterocycles. The minimum absolute atomic E-state index is 0.160. The second kappa shape index (κ2) is 10.1. The van der Waals surface area contributed by atoms with Crippen LogP contribution in [-0.2, 0) is 15.9 Å². The Labute approximate surface area is 198 Å².